The average Bonchev–Trinajstić information content (AvgIpc) is 3.20. The molecule has 1 atom stereocenters. The summed E-state index contributed by atoms with van der Waals surface area (Å²) in [6.45, 7) is 1.92. The number of nitrogens with zero attached hydrogens (tertiary/aromatic N) is 1. The molecule has 8 heteroatoms. The SMILES string of the molecule is CC(Nc1oc(-c2ccc(Cl)cc2)nc1S(=O)(=O)c1ccc(Cl)cc1)c1ccccc1. The third-order valence-corrected chi connectivity index (χ3v) is 6.90. The number of aromatic nitrogens is 1. The Labute approximate surface area is 190 Å². The maximum atomic E-state index is 13.4. The van der Waals surface area contributed by atoms with Gasteiger partial charge in [-0.25, -0.2) is 8.42 Å². The third kappa shape index (κ3) is 4.61. The lowest BCUT2D eigenvalue weighted by atomic mass is 10.1. The van der Waals surface area contributed by atoms with E-state index in [1.54, 1.807) is 24.3 Å². The second-order valence-electron chi connectivity index (χ2n) is 6.89. The van der Waals surface area contributed by atoms with Crippen molar-refractivity contribution in [2.75, 3.05) is 5.32 Å². The van der Waals surface area contributed by atoms with Crippen LogP contribution in [0.3, 0.4) is 0 Å². The molecule has 158 valence electrons. The van der Waals surface area contributed by atoms with Crippen molar-refractivity contribution in [3.05, 3.63) is 94.5 Å². The lowest BCUT2D eigenvalue weighted by Crippen LogP contribution is -2.10. The summed E-state index contributed by atoms with van der Waals surface area (Å²) in [6, 6.07) is 22.2. The zero-order valence-corrected chi connectivity index (χ0v) is 18.7. The van der Waals surface area contributed by atoms with Crippen LogP contribution in [-0.2, 0) is 9.84 Å². The van der Waals surface area contributed by atoms with Crippen LogP contribution >= 0.6 is 23.2 Å². The standard InChI is InChI=1S/C23H18Cl2N2O3S/c1-15(16-5-3-2-4-6-16)26-22-23(31(28,29)20-13-11-19(25)12-14-20)27-21(30-22)17-7-9-18(24)10-8-17/h2-15,26H,1H3. The van der Waals surface area contributed by atoms with Crippen molar-refractivity contribution in [1.29, 1.82) is 0 Å². The Bertz CT molecular complexity index is 1290. The van der Waals surface area contributed by atoms with Gasteiger partial charge in [0.2, 0.25) is 26.6 Å². The number of benzene rings is 3. The van der Waals surface area contributed by atoms with Gasteiger partial charge in [-0.15, -0.1) is 0 Å². The van der Waals surface area contributed by atoms with Gasteiger partial charge in [0.15, 0.2) is 0 Å². The Morgan fingerprint density at radius 1 is 0.871 bits per heavy atom. The van der Waals surface area contributed by atoms with E-state index in [1.807, 2.05) is 37.3 Å². The molecule has 0 bridgehead atoms. The quantitative estimate of drug-likeness (QED) is 0.339. The van der Waals surface area contributed by atoms with Crippen LogP contribution in [0.2, 0.25) is 10.0 Å². The molecule has 0 aliphatic heterocycles. The molecule has 0 radical (unpaired) electrons. The first-order valence-corrected chi connectivity index (χ1v) is 11.7. The lowest BCUT2D eigenvalue weighted by molar-refractivity contribution is 0.570. The van der Waals surface area contributed by atoms with E-state index in [2.05, 4.69) is 10.3 Å². The first-order valence-electron chi connectivity index (χ1n) is 9.43. The molecule has 0 fully saturated rings. The Morgan fingerprint density at radius 2 is 1.45 bits per heavy atom. The largest absolute Gasteiger partial charge is 0.419 e. The predicted octanol–water partition coefficient (Wildman–Crippen LogP) is 6.65. The van der Waals surface area contributed by atoms with Gasteiger partial charge >= 0.3 is 0 Å². The molecule has 5 nitrogen and oxygen atoms in total. The first-order chi connectivity index (χ1) is 14.8. The van der Waals surface area contributed by atoms with Crippen molar-refractivity contribution in [3.8, 4) is 11.5 Å². The molecule has 0 saturated carbocycles. The smallest absolute Gasteiger partial charge is 0.234 e. The summed E-state index contributed by atoms with van der Waals surface area (Å²) in [5, 5.41) is 3.96. The Kier molecular flexibility index (Phi) is 6.05. The number of hydrogen-bond acceptors (Lipinski definition) is 5. The Balaban J connectivity index is 1.80. The van der Waals surface area contributed by atoms with E-state index in [9.17, 15) is 8.42 Å². The topological polar surface area (TPSA) is 72.2 Å². The molecule has 0 aliphatic rings. The fourth-order valence-corrected chi connectivity index (χ4v) is 4.56. The maximum Gasteiger partial charge on any atom is 0.234 e. The normalized spacial score (nSPS) is 12.5. The van der Waals surface area contributed by atoms with E-state index >= 15 is 0 Å². The second-order valence-corrected chi connectivity index (χ2v) is 9.63. The molecule has 31 heavy (non-hydrogen) atoms. The van der Waals surface area contributed by atoms with E-state index in [-0.39, 0.29) is 27.7 Å². The molecule has 1 unspecified atom stereocenters. The lowest BCUT2D eigenvalue weighted by Gasteiger charge is -2.14. The maximum absolute atomic E-state index is 13.4. The minimum Gasteiger partial charge on any atom is -0.419 e. The van der Waals surface area contributed by atoms with Crippen LogP contribution in [0, 0.1) is 0 Å². The summed E-state index contributed by atoms with van der Waals surface area (Å²) in [4.78, 5) is 4.41. The predicted molar refractivity (Wildman–Crippen MR) is 122 cm³/mol. The van der Waals surface area contributed by atoms with Crippen molar-refractivity contribution >= 4 is 38.9 Å². The number of halogens is 2. The summed E-state index contributed by atoms with van der Waals surface area (Å²) in [5.74, 6) is 0.239. The number of hydrogen-bond donors (Lipinski definition) is 1. The van der Waals surface area contributed by atoms with Gasteiger partial charge in [-0.3, -0.25) is 0 Å². The molecular weight excluding hydrogens is 455 g/mol. The van der Waals surface area contributed by atoms with E-state index < -0.39 is 9.84 Å². The highest BCUT2D eigenvalue weighted by Crippen LogP contribution is 2.35. The van der Waals surface area contributed by atoms with Gasteiger partial charge < -0.3 is 9.73 Å². The molecule has 1 aromatic heterocycles. The van der Waals surface area contributed by atoms with Crippen molar-refractivity contribution < 1.29 is 12.8 Å². The highest BCUT2D eigenvalue weighted by Gasteiger charge is 2.29. The zero-order chi connectivity index (χ0) is 22.0. The molecule has 4 aromatic rings. The summed E-state index contributed by atoms with van der Waals surface area (Å²) in [7, 11) is -3.96. The Morgan fingerprint density at radius 3 is 2.06 bits per heavy atom. The van der Waals surface area contributed by atoms with Crippen LogP contribution < -0.4 is 5.32 Å². The molecule has 0 aliphatic carbocycles. The number of nitrogens with one attached hydrogen (secondary N) is 1. The molecule has 1 heterocycles. The van der Waals surface area contributed by atoms with Crippen LogP contribution in [-0.4, -0.2) is 13.4 Å². The van der Waals surface area contributed by atoms with Gasteiger partial charge in [-0.05, 0) is 61.0 Å². The molecule has 0 spiro atoms. The van der Waals surface area contributed by atoms with Crippen LogP contribution in [0.15, 0.2) is 93.2 Å². The van der Waals surface area contributed by atoms with Crippen molar-refractivity contribution in [2.45, 2.75) is 22.9 Å². The van der Waals surface area contributed by atoms with Crippen molar-refractivity contribution in [2.24, 2.45) is 0 Å². The van der Waals surface area contributed by atoms with E-state index in [4.69, 9.17) is 27.6 Å². The van der Waals surface area contributed by atoms with Gasteiger partial charge in [0, 0.05) is 15.6 Å². The van der Waals surface area contributed by atoms with Gasteiger partial charge in [-0.2, -0.15) is 4.98 Å². The highest BCUT2D eigenvalue weighted by atomic mass is 35.5. The minimum absolute atomic E-state index is 0.0660. The van der Waals surface area contributed by atoms with Crippen molar-refractivity contribution in [1.82, 2.24) is 4.98 Å². The van der Waals surface area contributed by atoms with Gasteiger partial charge in [0.05, 0.1) is 10.9 Å². The summed E-state index contributed by atoms with van der Waals surface area (Å²) in [6.07, 6.45) is 0. The number of anilines is 1. The van der Waals surface area contributed by atoms with Crippen molar-refractivity contribution in [3.63, 3.8) is 0 Å². The monoisotopic (exact) mass is 472 g/mol. The van der Waals surface area contributed by atoms with Crippen LogP contribution in [0.4, 0.5) is 5.88 Å². The first kappa shape index (κ1) is 21.4. The van der Waals surface area contributed by atoms with Gasteiger partial charge in [0.1, 0.15) is 0 Å². The molecule has 3 aromatic carbocycles. The van der Waals surface area contributed by atoms with Gasteiger partial charge in [0.25, 0.3) is 0 Å². The van der Waals surface area contributed by atoms with E-state index in [0.29, 0.717) is 15.6 Å². The summed E-state index contributed by atoms with van der Waals surface area (Å²) < 4.78 is 32.6. The molecule has 1 N–H and O–H groups in total. The number of oxazole rings is 1. The van der Waals surface area contributed by atoms with Crippen LogP contribution in [0.5, 0.6) is 0 Å². The second kappa shape index (κ2) is 8.75. The van der Waals surface area contributed by atoms with E-state index in [0.717, 1.165) is 5.56 Å². The summed E-state index contributed by atoms with van der Waals surface area (Å²) in [5.41, 5.74) is 1.58. The van der Waals surface area contributed by atoms with Gasteiger partial charge in [-0.1, -0.05) is 53.5 Å². The molecule has 4 rings (SSSR count). The Hall–Kier alpha value is -2.80. The fraction of sp³-hybridized carbons (Fsp3) is 0.0870. The molecule has 0 saturated heterocycles. The van der Waals surface area contributed by atoms with E-state index in [1.165, 1.54) is 24.3 Å². The number of rotatable bonds is 6. The molecular formula is C23H18Cl2N2O3S. The number of sulfone groups is 1. The average molecular weight is 473 g/mol. The third-order valence-electron chi connectivity index (χ3n) is 4.71. The fourth-order valence-electron chi connectivity index (χ4n) is 3.04. The van der Waals surface area contributed by atoms with Crippen LogP contribution in [0.1, 0.15) is 18.5 Å². The molecule has 0 amide bonds. The zero-order valence-electron chi connectivity index (χ0n) is 16.4. The summed E-state index contributed by atoms with van der Waals surface area (Å²) >= 11 is 11.9. The highest BCUT2D eigenvalue weighted by molar-refractivity contribution is 7.91. The minimum atomic E-state index is -3.96. The van der Waals surface area contributed by atoms with Crippen LogP contribution in [0.25, 0.3) is 11.5 Å².